The Kier molecular flexibility index (Phi) is 4.75. The summed E-state index contributed by atoms with van der Waals surface area (Å²) in [5.74, 6) is 0. The first kappa shape index (κ1) is 11.3. The van der Waals surface area contributed by atoms with Crippen molar-refractivity contribution in [1.29, 1.82) is 0 Å². The zero-order valence-electron chi connectivity index (χ0n) is 8.01. The molecule has 0 fully saturated rings. The van der Waals surface area contributed by atoms with E-state index in [2.05, 4.69) is 5.43 Å². The van der Waals surface area contributed by atoms with Crippen LogP contribution >= 0.6 is 0 Å². The second-order valence-corrected chi connectivity index (χ2v) is 3.67. The minimum atomic E-state index is -1.98. The van der Waals surface area contributed by atoms with Gasteiger partial charge in [0, 0.05) is 6.54 Å². The molecular formula is C9H14N2O2S. The largest absolute Gasteiger partial charge is 0.293 e. The summed E-state index contributed by atoms with van der Waals surface area (Å²) in [7, 11) is 0. The predicted molar refractivity (Wildman–Crippen MR) is 56.4 cm³/mol. The Balaban J connectivity index is 2.60. The third-order valence-electron chi connectivity index (χ3n) is 1.69. The average molecular weight is 214 g/mol. The van der Waals surface area contributed by atoms with Crippen molar-refractivity contribution < 1.29 is 8.76 Å². The third kappa shape index (κ3) is 3.55. The van der Waals surface area contributed by atoms with Crippen LogP contribution in [0.2, 0.25) is 0 Å². The van der Waals surface area contributed by atoms with Crippen LogP contribution in [-0.4, -0.2) is 19.7 Å². The smallest absolute Gasteiger partial charge is 0.249 e. The van der Waals surface area contributed by atoms with Gasteiger partial charge in [0.15, 0.2) is 0 Å². The molecule has 0 spiro atoms. The summed E-state index contributed by atoms with van der Waals surface area (Å²) in [5, 5.41) is 0. The maximum atomic E-state index is 10.9. The third-order valence-corrected chi connectivity index (χ3v) is 2.33. The van der Waals surface area contributed by atoms with Crippen LogP contribution in [0.1, 0.15) is 12.5 Å². The lowest BCUT2D eigenvalue weighted by molar-refractivity contribution is 0.308. The fraction of sp³-hybridized carbons (Fsp3) is 0.333. The zero-order valence-corrected chi connectivity index (χ0v) is 8.83. The van der Waals surface area contributed by atoms with Gasteiger partial charge in [0.25, 0.3) is 0 Å². The summed E-state index contributed by atoms with van der Waals surface area (Å²) < 4.78 is 21.1. The Hall–Kier alpha value is -0.750. The lowest BCUT2D eigenvalue weighted by atomic mass is 10.2. The van der Waals surface area contributed by atoms with Gasteiger partial charge >= 0.3 is 0 Å². The van der Waals surface area contributed by atoms with Crippen LogP contribution in [0.25, 0.3) is 0 Å². The van der Waals surface area contributed by atoms with Crippen molar-refractivity contribution in [3.05, 3.63) is 35.9 Å². The van der Waals surface area contributed by atoms with E-state index in [0.717, 1.165) is 5.56 Å². The van der Waals surface area contributed by atoms with Crippen molar-refractivity contribution in [2.45, 2.75) is 13.5 Å². The Morgan fingerprint density at radius 3 is 2.57 bits per heavy atom. The summed E-state index contributed by atoms with van der Waals surface area (Å²) in [5.41, 5.74) is 3.81. The number of benzene rings is 1. The van der Waals surface area contributed by atoms with Gasteiger partial charge in [0.05, 0.1) is 6.54 Å². The normalized spacial score (nSPS) is 13.1. The molecule has 0 saturated heterocycles. The maximum absolute atomic E-state index is 10.9. The Labute approximate surface area is 86.3 Å². The fourth-order valence-corrected chi connectivity index (χ4v) is 1.59. The number of rotatable bonds is 5. The molecule has 0 aliphatic rings. The molecule has 0 aliphatic carbocycles. The minimum Gasteiger partial charge on any atom is -0.293 e. The number of hydrogen-bond acceptors (Lipinski definition) is 2. The van der Waals surface area contributed by atoms with Gasteiger partial charge in [-0.1, -0.05) is 37.3 Å². The van der Waals surface area contributed by atoms with Gasteiger partial charge in [-0.25, -0.2) is 9.63 Å². The summed E-state index contributed by atoms with van der Waals surface area (Å²) in [4.78, 5) is 0. The minimum absolute atomic E-state index is 0.414. The predicted octanol–water partition coefficient (Wildman–Crippen LogP) is 1.15. The van der Waals surface area contributed by atoms with Crippen molar-refractivity contribution in [1.82, 2.24) is 9.84 Å². The quantitative estimate of drug-likeness (QED) is 0.571. The molecule has 14 heavy (non-hydrogen) atoms. The van der Waals surface area contributed by atoms with E-state index in [1.807, 2.05) is 37.3 Å². The number of hydrogen-bond donors (Lipinski definition) is 2. The first-order valence-electron chi connectivity index (χ1n) is 4.40. The fourth-order valence-electron chi connectivity index (χ4n) is 1.09. The summed E-state index contributed by atoms with van der Waals surface area (Å²) in [6, 6.07) is 9.55. The van der Waals surface area contributed by atoms with E-state index in [4.69, 9.17) is 4.55 Å². The van der Waals surface area contributed by atoms with Gasteiger partial charge in [-0.2, -0.15) is 0 Å². The lowest BCUT2D eigenvalue weighted by Crippen LogP contribution is -2.38. The summed E-state index contributed by atoms with van der Waals surface area (Å²) >= 11 is -1.98. The molecule has 1 aromatic carbocycles. The molecule has 2 N–H and O–H groups in total. The Morgan fingerprint density at radius 1 is 1.43 bits per heavy atom. The number of nitrogens with zero attached hydrogens (tertiary/aromatic N) is 1. The van der Waals surface area contributed by atoms with Crippen molar-refractivity contribution in [3.8, 4) is 0 Å². The molecule has 1 unspecified atom stereocenters. The second-order valence-electron chi connectivity index (χ2n) is 2.76. The zero-order chi connectivity index (χ0) is 10.4. The highest BCUT2D eigenvalue weighted by atomic mass is 32.2. The van der Waals surface area contributed by atoms with Gasteiger partial charge in [-0.3, -0.25) is 4.55 Å². The van der Waals surface area contributed by atoms with E-state index in [1.165, 1.54) is 4.41 Å². The van der Waals surface area contributed by atoms with Crippen molar-refractivity contribution in [2.24, 2.45) is 0 Å². The van der Waals surface area contributed by atoms with Gasteiger partial charge in [-0.15, -0.1) is 4.41 Å². The topological polar surface area (TPSA) is 52.6 Å². The molecule has 0 amide bonds. The molecule has 5 heteroatoms. The molecule has 1 aromatic rings. The monoisotopic (exact) mass is 214 g/mol. The lowest BCUT2D eigenvalue weighted by Gasteiger charge is -2.17. The highest BCUT2D eigenvalue weighted by Gasteiger charge is 2.09. The Morgan fingerprint density at radius 2 is 2.07 bits per heavy atom. The number of hydrazine groups is 1. The average Bonchev–Trinajstić information content (AvgIpc) is 2.18. The standard InChI is InChI=1S/C9H14N2O2S/c1-2-10-11(14(12)13)8-9-6-4-3-5-7-9/h3-7,10H,2,8H2,1H3,(H,12,13). The van der Waals surface area contributed by atoms with Crippen molar-refractivity contribution >= 4 is 11.3 Å². The molecule has 1 rings (SSSR count). The molecule has 0 aliphatic heterocycles. The molecule has 0 heterocycles. The van der Waals surface area contributed by atoms with Crippen LogP contribution in [0.5, 0.6) is 0 Å². The van der Waals surface area contributed by atoms with E-state index in [9.17, 15) is 4.21 Å². The van der Waals surface area contributed by atoms with Crippen LogP contribution in [0.3, 0.4) is 0 Å². The van der Waals surface area contributed by atoms with E-state index >= 15 is 0 Å². The molecule has 1 atom stereocenters. The molecular weight excluding hydrogens is 200 g/mol. The van der Waals surface area contributed by atoms with Crippen LogP contribution in [0, 0.1) is 0 Å². The van der Waals surface area contributed by atoms with E-state index in [1.54, 1.807) is 0 Å². The van der Waals surface area contributed by atoms with Crippen LogP contribution < -0.4 is 5.43 Å². The Bertz CT molecular complexity index is 292. The van der Waals surface area contributed by atoms with Gasteiger partial charge in [0.1, 0.15) is 0 Å². The van der Waals surface area contributed by atoms with Gasteiger partial charge in [-0.05, 0) is 5.56 Å². The molecule has 0 bridgehead atoms. The number of nitrogens with one attached hydrogen (secondary N) is 1. The first-order chi connectivity index (χ1) is 6.74. The highest BCUT2D eigenvalue weighted by molar-refractivity contribution is 7.76. The molecule has 0 radical (unpaired) electrons. The first-order valence-corrected chi connectivity index (χ1v) is 5.46. The van der Waals surface area contributed by atoms with E-state index < -0.39 is 11.3 Å². The summed E-state index contributed by atoms with van der Waals surface area (Å²) in [6.45, 7) is 2.92. The van der Waals surface area contributed by atoms with Crippen molar-refractivity contribution in [2.75, 3.05) is 6.54 Å². The highest BCUT2D eigenvalue weighted by Crippen LogP contribution is 2.03. The van der Waals surface area contributed by atoms with Gasteiger partial charge in [0.2, 0.25) is 11.3 Å². The van der Waals surface area contributed by atoms with Gasteiger partial charge < -0.3 is 0 Å². The van der Waals surface area contributed by atoms with E-state index in [-0.39, 0.29) is 0 Å². The SMILES string of the molecule is CCNN(Cc1ccccc1)S(=O)O. The molecule has 0 aromatic heterocycles. The molecule has 0 saturated carbocycles. The van der Waals surface area contributed by atoms with Crippen LogP contribution in [0.15, 0.2) is 30.3 Å². The molecule has 78 valence electrons. The van der Waals surface area contributed by atoms with E-state index in [0.29, 0.717) is 13.1 Å². The summed E-state index contributed by atoms with van der Waals surface area (Å²) in [6.07, 6.45) is 0. The van der Waals surface area contributed by atoms with Crippen molar-refractivity contribution in [3.63, 3.8) is 0 Å². The van der Waals surface area contributed by atoms with Crippen LogP contribution in [0.4, 0.5) is 0 Å². The maximum Gasteiger partial charge on any atom is 0.249 e. The molecule has 4 nitrogen and oxygen atoms in total. The second kappa shape index (κ2) is 5.87. The van der Waals surface area contributed by atoms with Crippen LogP contribution in [-0.2, 0) is 17.8 Å².